The molecule has 3 N–H and O–H groups in total. The highest BCUT2D eigenvalue weighted by Gasteiger charge is 2.18. The number of furan rings is 2. The standard InChI is InChI=1S/C20H17N5O5S2/c21-32(27,28)14-7-5-13(6-8-14)22-17(26)9-12-31-20-23-18(15-3-1-10-29-15)19(24-25-20)16-4-2-11-30-16/h1-8,10-11H,9,12H2,(H,22,26)(H2,21,27,28). The van der Waals surface area contributed by atoms with E-state index >= 15 is 0 Å². The van der Waals surface area contributed by atoms with Crippen molar-refractivity contribution in [1.29, 1.82) is 0 Å². The molecule has 0 fully saturated rings. The molecule has 0 aliphatic carbocycles. The number of hydrogen-bond donors (Lipinski definition) is 2. The highest BCUT2D eigenvalue weighted by atomic mass is 32.2. The molecule has 0 radical (unpaired) electrons. The van der Waals surface area contributed by atoms with Crippen molar-refractivity contribution in [2.75, 3.05) is 11.1 Å². The van der Waals surface area contributed by atoms with E-state index in [1.165, 1.54) is 48.6 Å². The summed E-state index contributed by atoms with van der Waals surface area (Å²) in [5, 5.41) is 16.5. The second-order valence-electron chi connectivity index (χ2n) is 6.46. The number of nitrogens with zero attached hydrogens (tertiary/aromatic N) is 3. The van der Waals surface area contributed by atoms with Crippen molar-refractivity contribution in [2.24, 2.45) is 5.14 Å². The summed E-state index contributed by atoms with van der Waals surface area (Å²) in [5.74, 6) is 1.20. The Balaban J connectivity index is 1.39. The first kappa shape index (κ1) is 21.7. The minimum absolute atomic E-state index is 0.0268. The molecule has 1 aromatic carbocycles. The Morgan fingerprint density at radius 1 is 0.969 bits per heavy atom. The SMILES string of the molecule is NS(=O)(=O)c1ccc(NC(=O)CCSc2nnc(-c3ccco3)c(-c3ccco3)n2)cc1. The van der Waals surface area contributed by atoms with E-state index in [2.05, 4.69) is 20.5 Å². The fourth-order valence-corrected chi connectivity index (χ4v) is 3.96. The van der Waals surface area contributed by atoms with E-state index in [1.54, 1.807) is 24.3 Å². The summed E-state index contributed by atoms with van der Waals surface area (Å²) < 4.78 is 33.4. The first-order valence-electron chi connectivity index (χ1n) is 9.28. The Labute approximate surface area is 187 Å². The lowest BCUT2D eigenvalue weighted by atomic mass is 10.2. The summed E-state index contributed by atoms with van der Waals surface area (Å²) in [6.45, 7) is 0. The van der Waals surface area contributed by atoms with E-state index in [4.69, 9.17) is 14.0 Å². The smallest absolute Gasteiger partial charge is 0.238 e. The molecule has 32 heavy (non-hydrogen) atoms. The largest absolute Gasteiger partial charge is 0.463 e. The first-order valence-corrected chi connectivity index (χ1v) is 11.8. The van der Waals surface area contributed by atoms with Gasteiger partial charge in [-0.15, -0.1) is 10.2 Å². The minimum atomic E-state index is -3.78. The zero-order chi connectivity index (χ0) is 22.6. The molecule has 10 nitrogen and oxygen atoms in total. The Morgan fingerprint density at radius 3 is 2.22 bits per heavy atom. The molecule has 3 heterocycles. The van der Waals surface area contributed by atoms with E-state index < -0.39 is 10.0 Å². The third kappa shape index (κ3) is 5.22. The molecule has 0 spiro atoms. The van der Waals surface area contributed by atoms with Gasteiger partial charge in [0.05, 0.1) is 17.4 Å². The van der Waals surface area contributed by atoms with Gasteiger partial charge in [0.2, 0.25) is 21.1 Å². The van der Waals surface area contributed by atoms with Crippen molar-refractivity contribution < 1.29 is 22.0 Å². The van der Waals surface area contributed by atoms with Crippen LogP contribution in [0.4, 0.5) is 5.69 Å². The molecule has 164 valence electrons. The summed E-state index contributed by atoms with van der Waals surface area (Å²) in [5.41, 5.74) is 1.41. The molecule has 0 saturated carbocycles. The Morgan fingerprint density at radius 2 is 1.62 bits per heavy atom. The van der Waals surface area contributed by atoms with Gasteiger partial charge in [-0.05, 0) is 48.5 Å². The number of carbonyl (C=O) groups excluding carboxylic acids is 1. The lowest BCUT2D eigenvalue weighted by Gasteiger charge is -2.07. The summed E-state index contributed by atoms with van der Waals surface area (Å²) in [6, 6.07) is 12.6. The molecular formula is C20H17N5O5S2. The number of nitrogens with two attached hydrogens (primary N) is 1. The van der Waals surface area contributed by atoms with Crippen LogP contribution in [0.2, 0.25) is 0 Å². The summed E-state index contributed by atoms with van der Waals surface area (Å²) >= 11 is 1.27. The molecule has 0 aliphatic rings. The van der Waals surface area contributed by atoms with Crippen LogP contribution in [0, 0.1) is 0 Å². The van der Waals surface area contributed by atoms with Crippen molar-refractivity contribution in [2.45, 2.75) is 16.5 Å². The van der Waals surface area contributed by atoms with Crippen LogP contribution in [-0.2, 0) is 14.8 Å². The maximum absolute atomic E-state index is 12.2. The third-order valence-corrected chi connectivity index (χ3v) is 5.97. The van der Waals surface area contributed by atoms with E-state index in [0.29, 0.717) is 39.5 Å². The number of benzene rings is 1. The summed E-state index contributed by atoms with van der Waals surface area (Å²) in [7, 11) is -3.78. The van der Waals surface area contributed by atoms with Crippen molar-refractivity contribution in [1.82, 2.24) is 15.2 Å². The molecule has 0 atom stereocenters. The topological polar surface area (TPSA) is 154 Å². The van der Waals surface area contributed by atoms with Crippen LogP contribution >= 0.6 is 11.8 Å². The number of thioether (sulfide) groups is 1. The van der Waals surface area contributed by atoms with Crippen LogP contribution in [0.25, 0.3) is 22.9 Å². The van der Waals surface area contributed by atoms with Gasteiger partial charge in [0.25, 0.3) is 0 Å². The molecule has 0 bridgehead atoms. The summed E-state index contributed by atoms with van der Waals surface area (Å²) in [6.07, 6.45) is 3.25. The van der Waals surface area contributed by atoms with Gasteiger partial charge in [0, 0.05) is 17.9 Å². The lowest BCUT2D eigenvalue weighted by molar-refractivity contribution is -0.115. The third-order valence-electron chi connectivity index (χ3n) is 4.20. The van der Waals surface area contributed by atoms with E-state index in [1.807, 2.05) is 0 Å². The molecule has 3 aromatic heterocycles. The molecule has 4 rings (SSSR count). The minimum Gasteiger partial charge on any atom is -0.463 e. The maximum Gasteiger partial charge on any atom is 0.238 e. The molecule has 1 amide bonds. The van der Waals surface area contributed by atoms with Crippen molar-refractivity contribution in [3.63, 3.8) is 0 Å². The van der Waals surface area contributed by atoms with Gasteiger partial charge in [0.15, 0.2) is 17.2 Å². The average Bonchev–Trinajstić information content (AvgIpc) is 3.48. The van der Waals surface area contributed by atoms with Gasteiger partial charge in [0.1, 0.15) is 5.69 Å². The number of aromatic nitrogens is 3. The van der Waals surface area contributed by atoms with Gasteiger partial charge in [-0.1, -0.05) is 11.8 Å². The normalized spacial score (nSPS) is 11.4. The fourth-order valence-electron chi connectivity index (χ4n) is 2.72. The van der Waals surface area contributed by atoms with Crippen LogP contribution < -0.4 is 10.5 Å². The van der Waals surface area contributed by atoms with Crippen molar-refractivity contribution in [3.05, 3.63) is 61.1 Å². The first-order chi connectivity index (χ1) is 15.4. The highest BCUT2D eigenvalue weighted by molar-refractivity contribution is 7.99. The van der Waals surface area contributed by atoms with E-state index in [-0.39, 0.29) is 17.2 Å². The maximum atomic E-state index is 12.2. The van der Waals surface area contributed by atoms with E-state index in [0.717, 1.165) is 0 Å². The molecule has 12 heteroatoms. The number of nitrogens with one attached hydrogen (secondary N) is 1. The van der Waals surface area contributed by atoms with E-state index in [9.17, 15) is 13.2 Å². The zero-order valence-electron chi connectivity index (χ0n) is 16.5. The van der Waals surface area contributed by atoms with Gasteiger partial charge in [-0.3, -0.25) is 4.79 Å². The number of anilines is 1. The highest BCUT2D eigenvalue weighted by Crippen LogP contribution is 2.30. The molecular weight excluding hydrogens is 454 g/mol. The summed E-state index contributed by atoms with van der Waals surface area (Å²) in [4.78, 5) is 16.7. The van der Waals surface area contributed by atoms with Crippen molar-refractivity contribution >= 4 is 33.4 Å². The number of rotatable bonds is 8. The fraction of sp³-hybridized carbons (Fsp3) is 0.100. The quantitative estimate of drug-likeness (QED) is 0.369. The molecule has 0 aliphatic heterocycles. The van der Waals surface area contributed by atoms with Crippen LogP contribution in [0.5, 0.6) is 0 Å². The predicted octanol–water partition coefficient (Wildman–Crippen LogP) is 3.16. The molecule has 0 unspecified atom stereocenters. The zero-order valence-corrected chi connectivity index (χ0v) is 18.1. The Kier molecular flexibility index (Phi) is 6.35. The van der Waals surface area contributed by atoms with Gasteiger partial charge < -0.3 is 14.2 Å². The molecule has 4 aromatic rings. The lowest BCUT2D eigenvalue weighted by Crippen LogP contribution is -2.14. The Hall–Kier alpha value is -3.48. The number of primary sulfonamides is 1. The molecule has 0 saturated heterocycles. The van der Waals surface area contributed by atoms with Crippen LogP contribution in [0.3, 0.4) is 0 Å². The second kappa shape index (κ2) is 9.34. The number of carbonyl (C=O) groups is 1. The van der Waals surface area contributed by atoms with Crippen molar-refractivity contribution in [3.8, 4) is 22.9 Å². The van der Waals surface area contributed by atoms with Crippen LogP contribution in [0.1, 0.15) is 6.42 Å². The monoisotopic (exact) mass is 471 g/mol. The van der Waals surface area contributed by atoms with Gasteiger partial charge in [-0.25, -0.2) is 18.5 Å². The van der Waals surface area contributed by atoms with Gasteiger partial charge in [-0.2, -0.15) is 0 Å². The predicted molar refractivity (Wildman–Crippen MR) is 117 cm³/mol. The Bertz CT molecular complexity index is 1310. The number of hydrogen-bond acceptors (Lipinski definition) is 9. The van der Waals surface area contributed by atoms with Crippen LogP contribution in [0.15, 0.2) is 79.9 Å². The average molecular weight is 472 g/mol. The van der Waals surface area contributed by atoms with Gasteiger partial charge >= 0.3 is 0 Å². The number of sulfonamides is 1. The number of amides is 1. The second-order valence-corrected chi connectivity index (χ2v) is 9.09. The van der Waals surface area contributed by atoms with Crippen LogP contribution in [-0.4, -0.2) is 35.3 Å².